The van der Waals surface area contributed by atoms with Crippen LogP contribution in [0.4, 0.5) is 4.79 Å². The maximum Gasteiger partial charge on any atom is 0.410 e. The third-order valence-corrected chi connectivity index (χ3v) is 4.38. The molecule has 0 aromatic carbocycles. The van der Waals surface area contributed by atoms with Crippen molar-refractivity contribution >= 4 is 11.9 Å². The van der Waals surface area contributed by atoms with E-state index >= 15 is 0 Å². The number of aliphatic imine (C=N–C) groups is 1. The fraction of sp³-hybridized carbons (Fsp3) is 0.882. The second-order valence-corrected chi connectivity index (χ2v) is 7.69. The summed E-state index contributed by atoms with van der Waals surface area (Å²) in [4.78, 5) is 20.8. The minimum Gasteiger partial charge on any atom is -0.444 e. The number of carbonyl (C=O) groups excluding carboxylic acids is 1. The SMILES string of the molecule is CN1CCC(CCNC2=NCCN(C(=O)OC(C)(C)C)C2)CC1. The van der Waals surface area contributed by atoms with Crippen molar-refractivity contribution in [2.24, 2.45) is 10.9 Å². The molecule has 0 aromatic rings. The van der Waals surface area contributed by atoms with Gasteiger partial charge in [0.1, 0.15) is 11.4 Å². The van der Waals surface area contributed by atoms with Crippen molar-refractivity contribution in [3.63, 3.8) is 0 Å². The summed E-state index contributed by atoms with van der Waals surface area (Å²) >= 11 is 0. The van der Waals surface area contributed by atoms with Gasteiger partial charge < -0.3 is 15.0 Å². The smallest absolute Gasteiger partial charge is 0.410 e. The van der Waals surface area contributed by atoms with Gasteiger partial charge in [-0.1, -0.05) is 0 Å². The highest BCUT2D eigenvalue weighted by atomic mass is 16.6. The summed E-state index contributed by atoms with van der Waals surface area (Å²) in [6, 6.07) is 0. The van der Waals surface area contributed by atoms with E-state index in [1.54, 1.807) is 4.90 Å². The number of nitrogens with one attached hydrogen (secondary N) is 1. The molecule has 1 fully saturated rings. The Morgan fingerprint density at radius 1 is 1.30 bits per heavy atom. The maximum atomic E-state index is 12.1. The Morgan fingerprint density at radius 3 is 2.65 bits per heavy atom. The summed E-state index contributed by atoms with van der Waals surface area (Å²) in [5.41, 5.74) is -0.451. The van der Waals surface area contributed by atoms with Gasteiger partial charge in [0, 0.05) is 13.1 Å². The van der Waals surface area contributed by atoms with E-state index in [0.29, 0.717) is 19.6 Å². The van der Waals surface area contributed by atoms with Crippen LogP contribution in [0, 0.1) is 5.92 Å². The zero-order chi connectivity index (χ0) is 16.9. The van der Waals surface area contributed by atoms with Crippen molar-refractivity contribution in [3.8, 4) is 0 Å². The second kappa shape index (κ2) is 7.99. The third kappa shape index (κ3) is 6.37. The van der Waals surface area contributed by atoms with Crippen LogP contribution < -0.4 is 5.32 Å². The molecule has 0 saturated carbocycles. The standard InChI is InChI=1S/C17H32N4O2/c1-17(2,3)23-16(22)21-12-9-19-15(13-21)18-8-5-14-6-10-20(4)11-7-14/h14H,5-13H2,1-4H3,(H,18,19). The molecule has 2 aliphatic rings. The molecule has 6 nitrogen and oxygen atoms in total. The molecule has 23 heavy (non-hydrogen) atoms. The maximum absolute atomic E-state index is 12.1. The molecule has 1 saturated heterocycles. The van der Waals surface area contributed by atoms with Crippen molar-refractivity contribution < 1.29 is 9.53 Å². The first-order chi connectivity index (χ1) is 10.8. The predicted molar refractivity (Wildman–Crippen MR) is 92.9 cm³/mol. The van der Waals surface area contributed by atoms with E-state index in [2.05, 4.69) is 22.3 Å². The Balaban J connectivity index is 1.70. The van der Waals surface area contributed by atoms with Crippen molar-refractivity contribution in [1.29, 1.82) is 0 Å². The van der Waals surface area contributed by atoms with Gasteiger partial charge in [0.2, 0.25) is 0 Å². The summed E-state index contributed by atoms with van der Waals surface area (Å²) in [5, 5.41) is 3.41. The highest BCUT2D eigenvalue weighted by Gasteiger charge is 2.25. The number of hydrogen-bond acceptors (Lipinski definition) is 5. The van der Waals surface area contributed by atoms with Crippen LogP contribution in [0.1, 0.15) is 40.0 Å². The fourth-order valence-corrected chi connectivity index (χ4v) is 2.98. The van der Waals surface area contributed by atoms with Crippen LogP contribution in [0.15, 0.2) is 4.99 Å². The highest BCUT2D eigenvalue weighted by molar-refractivity contribution is 5.87. The van der Waals surface area contributed by atoms with Crippen LogP contribution in [0.3, 0.4) is 0 Å². The lowest BCUT2D eigenvalue weighted by atomic mass is 9.94. The number of amidine groups is 1. The van der Waals surface area contributed by atoms with Gasteiger partial charge in [0.05, 0.1) is 13.1 Å². The molecule has 0 spiro atoms. The topological polar surface area (TPSA) is 57.2 Å². The Bertz CT molecular complexity index is 423. The molecule has 1 amide bonds. The summed E-state index contributed by atoms with van der Waals surface area (Å²) in [6.45, 7) is 10.8. The van der Waals surface area contributed by atoms with Gasteiger partial charge in [0.15, 0.2) is 0 Å². The first-order valence-corrected chi connectivity index (χ1v) is 8.77. The van der Waals surface area contributed by atoms with Crippen LogP contribution >= 0.6 is 0 Å². The van der Waals surface area contributed by atoms with Gasteiger partial charge >= 0.3 is 6.09 Å². The molecular weight excluding hydrogens is 292 g/mol. The number of carbonyl (C=O) groups is 1. The van der Waals surface area contributed by atoms with Crippen LogP contribution in [-0.2, 0) is 4.74 Å². The van der Waals surface area contributed by atoms with Crippen molar-refractivity contribution in [3.05, 3.63) is 0 Å². The molecule has 2 aliphatic heterocycles. The Hall–Kier alpha value is -1.30. The number of hydrogen-bond donors (Lipinski definition) is 1. The predicted octanol–water partition coefficient (Wildman–Crippen LogP) is 1.96. The molecule has 1 N–H and O–H groups in total. The zero-order valence-electron chi connectivity index (χ0n) is 15.1. The molecule has 0 aliphatic carbocycles. The summed E-state index contributed by atoms with van der Waals surface area (Å²) in [5.74, 6) is 1.72. The summed E-state index contributed by atoms with van der Waals surface area (Å²) in [6.07, 6.45) is 3.50. The number of amides is 1. The number of likely N-dealkylation sites (tertiary alicyclic amines) is 1. The molecule has 0 atom stereocenters. The van der Waals surface area contributed by atoms with Crippen LogP contribution in [0.25, 0.3) is 0 Å². The van der Waals surface area contributed by atoms with Gasteiger partial charge in [-0.3, -0.25) is 9.89 Å². The lowest BCUT2D eigenvalue weighted by Gasteiger charge is -2.31. The molecule has 132 valence electrons. The summed E-state index contributed by atoms with van der Waals surface area (Å²) < 4.78 is 5.43. The largest absolute Gasteiger partial charge is 0.444 e. The van der Waals surface area contributed by atoms with Gasteiger partial charge in [0.25, 0.3) is 0 Å². The lowest BCUT2D eigenvalue weighted by molar-refractivity contribution is 0.0276. The lowest BCUT2D eigenvalue weighted by Crippen LogP contribution is -2.47. The quantitative estimate of drug-likeness (QED) is 0.862. The van der Waals surface area contributed by atoms with E-state index in [1.807, 2.05) is 20.8 Å². The van der Waals surface area contributed by atoms with E-state index in [9.17, 15) is 4.79 Å². The van der Waals surface area contributed by atoms with Gasteiger partial charge in [-0.05, 0) is 66.1 Å². The van der Waals surface area contributed by atoms with Crippen LogP contribution in [-0.4, -0.2) is 73.6 Å². The number of ether oxygens (including phenoxy) is 1. The molecular formula is C17H32N4O2. The normalized spacial score (nSPS) is 21.0. The van der Waals surface area contributed by atoms with E-state index in [1.165, 1.54) is 32.4 Å². The monoisotopic (exact) mass is 324 g/mol. The van der Waals surface area contributed by atoms with Crippen LogP contribution in [0.2, 0.25) is 0 Å². The van der Waals surface area contributed by atoms with Crippen molar-refractivity contribution in [1.82, 2.24) is 15.1 Å². The minimum absolute atomic E-state index is 0.248. The Labute approximate surface area is 140 Å². The van der Waals surface area contributed by atoms with E-state index < -0.39 is 5.60 Å². The molecule has 6 heteroatoms. The van der Waals surface area contributed by atoms with Gasteiger partial charge in [-0.25, -0.2) is 4.79 Å². The fourth-order valence-electron chi connectivity index (χ4n) is 2.98. The Morgan fingerprint density at radius 2 is 2.00 bits per heavy atom. The van der Waals surface area contributed by atoms with Crippen LogP contribution in [0.5, 0.6) is 0 Å². The van der Waals surface area contributed by atoms with Crippen molar-refractivity contribution in [2.45, 2.75) is 45.6 Å². The highest BCUT2D eigenvalue weighted by Crippen LogP contribution is 2.18. The average Bonchev–Trinajstić information content (AvgIpc) is 2.48. The molecule has 0 aromatic heterocycles. The van der Waals surface area contributed by atoms with E-state index in [0.717, 1.165) is 18.3 Å². The average molecular weight is 324 g/mol. The Kier molecular flexibility index (Phi) is 6.27. The van der Waals surface area contributed by atoms with E-state index in [4.69, 9.17) is 4.74 Å². The number of piperidine rings is 1. The van der Waals surface area contributed by atoms with Gasteiger partial charge in [-0.2, -0.15) is 0 Å². The first-order valence-electron chi connectivity index (χ1n) is 8.77. The minimum atomic E-state index is -0.451. The molecule has 2 heterocycles. The number of nitrogens with zero attached hydrogens (tertiary/aromatic N) is 3. The van der Waals surface area contributed by atoms with Gasteiger partial charge in [-0.15, -0.1) is 0 Å². The van der Waals surface area contributed by atoms with Crippen molar-refractivity contribution in [2.75, 3.05) is 46.3 Å². The number of rotatable bonds is 3. The molecule has 0 bridgehead atoms. The van der Waals surface area contributed by atoms with E-state index in [-0.39, 0.29) is 6.09 Å². The zero-order valence-corrected chi connectivity index (χ0v) is 15.1. The molecule has 2 rings (SSSR count). The first kappa shape index (κ1) is 18.0. The second-order valence-electron chi connectivity index (χ2n) is 7.69. The molecule has 0 radical (unpaired) electrons. The third-order valence-electron chi connectivity index (χ3n) is 4.38. The summed E-state index contributed by atoms with van der Waals surface area (Å²) in [7, 11) is 2.19. The molecule has 0 unspecified atom stereocenters.